The molecule has 0 unspecified atom stereocenters. The number of rotatable bonds is 3. The highest BCUT2D eigenvalue weighted by Crippen LogP contribution is 2.20. The van der Waals surface area contributed by atoms with E-state index in [4.69, 9.17) is 0 Å². The van der Waals surface area contributed by atoms with Crippen molar-refractivity contribution in [2.24, 2.45) is 11.8 Å². The summed E-state index contributed by atoms with van der Waals surface area (Å²) in [6, 6.07) is 1.90. The van der Waals surface area contributed by atoms with Gasteiger partial charge in [-0.05, 0) is 29.7 Å². The summed E-state index contributed by atoms with van der Waals surface area (Å²) < 4.78 is 2.52. The molecule has 2 aromatic rings. The lowest BCUT2D eigenvalue weighted by Crippen LogP contribution is -2.41. The number of thiophene rings is 1. The van der Waals surface area contributed by atoms with Crippen LogP contribution in [0.3, 0.4) is 0 Å². The zero-order chi connectivity index (χ0) is 14.1. The molecule has 108 valence electrons. The van der Waals surface area contributed by atoms with Crippen LogP contribution in [-0.2, 0) is 6.54 Å². The normalized spacial score (nSPS) is 24.3. The summed E-state index contributed by atoms with van der Waals surface area (Å²) in [6.45, 7) is 8.59. The Hall–Kier alpha value is -1.20. The molecule has 3 rings (SSSR count). The summed E-state index contributed by atoms with van der Waals surface area (Å²) in [6.07, 6.45) is 3.01. The van der Waals surface area contributed by atoms with Crippen LogP contribution in [0, 0.1) is 11.8 Å². The molecule has 0 bridgehead atoms. The fourth-order valence-electron chi connectivity index (χ4n) is 3.26. The minimum Gasteiger partial charge on any atom is -0.301 e. The Morgan fingerprint density at radius 2 is 2.05 bits per heavy atom. The molecule has 3 heterocycles. The summed E-state index contributed by atoms with van der Waals surface area (Å²) >= 11 is 1.48. The van der Waals surface area contributed by atoms with Crippen molar-refractivity contribution < 1.29 is 0 Å². The van der Waals surface area contributed by atoms with Crippen molar-refractivity contribution in [3.8, 4) is 0 Å². The summed E-state index contributed by atoms with van der Waals surface area (Å²) in [5.74, 6) is 1.52. The number of hydrogen-bond acceptors (Lipinski definition) is 4. The van der Waals surface area contributed by atoms with E-state index in [1.54, 1.807) is 10.9 Å². The number of nitrogens with zero attached hydrogens (tertiary/aromatic N) is 3. The Kier molecular flexibility index (Phi) is 3.89. The van der Waals surface area contributed by atoms with Crippen molar-refractivity contribution in [2.75, 3.05) is 19.6 Å². The van der Waals surface area contributed by atoms with Gasteiger partial charge in [-0.2, -0.15) is 0 Å². The molecule has 0 saturated carbocycles. The van der Waals surface area contributed by atoms with Gasteiger partial charge in [0.05, 0.1) is 11.8 Å². The van der Waals surface area contributed by atoms with Crippen LogP contribution in [0.15, 0.2) is 22.6 Å². The van der Waals surface area contributed by atoms with E-state index in [2.05, 4.69) is 23.7 Å². The number of aromatic nitrogens is 2. The Morgan fingerprint density at radius 1 is 1.30 bits per heavy atom. The standard InChI is InChI=1S/C15H21N3OS/c1-11-7-12(2)9-17(8-11)4-5-18-10-16-13-3-6-20-14(13)15(18)19/h3,6,10-12H,4-5,7-9H2,1-2H3/t11-,12+. The molecule has 4 nitrogen and oxygen atoms in total. The summed E-state index contributed by atoms with van der Waals surface area (Å²) in [5, 5.41) is 1.93. The van der Waals surface area contributed by atoms with E-state index in [9.17, 15) is 4.79 Å². The second-order valence-corrected chi connectivity index (χ2v) is 7.00. The maximum atomic E-state index is 12.3. The van der Waals surface area contributed by atoms with Gasteiger partial charge in [0.25, 0.3) is 5.56 Å². The van der Waals surface area contributed by atoms with Crippen molar-refractivity contribution >= 4 is 21.6 Å². The summed E-state index contributed by atoms with van der Waals surface area (Å²) in [7, 11) is 0. The zero-order valence-corrected chi connectivity index (χ0v) is 12.9. The molecule has 5 heteroatoms. The minimum absolute atomic E-state index is 0.100. The van der Waals surface area contributed by atoms with E-state index in [1.165, 1.54) is 17.8 Å². The van der Waals surface area contributed by atoms with Gasteiger partial charge in [0.15, 0.2) is 0 Å². The monoisotopic (exact) mass is 291 g/mol. The Morgan fingerprint density at radius 3 is 2.80 bits per heavy atom. The van der Waals surface area contributed by atoms with Crippen molar-refractivity contribution in [2.45, 2.75) is 26.8 Å². The summed E-state index contributed by atoms with van der Waals surface area (Å²) in [4.78, 5) is 19.1. The van der Waals surface area contributed by atoms with Crippen LogP contribution in [0.2, 0.25) is 0 Å². The lowest BCUT2D eigenvalue weighted by molar-refractivity contribution is 0.136. The van der Waals surface area contributed by atoms with Crippen molar-refractivity contribution in [3.63, 3.8) is 0 Å². The van der Waals surface area contributed by atoms with Gasteiger partial charge in [-0.15, -0.1) is 11.3 Å². The van der Waals surface area contributed by atoms with Crippen LogP contribution in [0.25, 0.3) is 10.2 Å². The van der Waals surface area contributed by atoms with Gasteiger partial charge < -0.3 is 4.90 Å². The average molecular weight is 291 g/mol. The third-order valence-electron chi connectivity index (χ3n) is 4.04. The molecule has 20 heavy (non-hydrogen) atoms. The van der Waals surface area contributed by atoms with Crippen LogP contribution in [0.5, 0.6) is 0 Å². The SMILES string of the molecule is C[C@@H]1C[C@H](C)CN(CCn2cnc3ccsc3c2=O)C1. The van der Waals surface area contributed by atoms with E-state index in [0.29, 0.717) is 0 Å². The molecule has 0 radical (unpaired) electrons. The van der Waals surface area contributed by atoms with Gasteiger partial charge in [-0.3, -0.25) is 9.36 Å². The quantitative estimate of drug-likeness (QED) is 0.872. The maximum Gasteiger partial charge on any atom is 0.271 e. The van der Waals surface area contributed by atoms with Crippen molar-refractivity contribution in [1.29, 1.82) is 0 Å². The van der Waals surface area contributed by atoms with E-state index < -0.39 is 0 Å². The third kappa shape index (κ3) is 2.79. The molecule has 2 atom stereocenters. The largest absolute Gasteiger partial charge is 0.301 e. The summed E-state index contributed by atoms with van der Waals surface area (Å²) in [5.41, 5.74) is 0.916. The van der Waals surface area contributed by atoms with Crippen molar-refractivity contribution in [3.05, 3.63) is 28.1 Å². The Labute approximate surface area is 123 Å². The Balaban J connectivity index is 1.70. The van der Waals surface area contributed by atoms with E-state index in [0.717, 1.165) is 48.2 Å². The average Bonchev–Trinajstić information content (AvgIpc) is 2.86. The molecule has 0 amide bonds. The van der Waals surface area contributed by atoms with Crippen LogP contribution in [-0.4, -0.2) is 34.1 Å². The first-order chi connectivity index (χ1) is 9.63. The molecule has 1 fully saturated rings. The third-order valence-corrected chi connectivity index (χ3v) is 4.93. The van der Waals surface area contributed by atoms with Gasteiger partial charge in [-0.1, -0.05) is 13.8 Å². The minimum atomic E-state index is 0.100. The lowest BCUT2D eigenvalue weighted by atomic mass is 9.92. The van der Waals surface area contributed by atoms with Gasteiger partial charge in [0, 0.05) is 26.2 Å². The van der Waals surface area contributed by atoms with Gasteiger partial charge in [0.1, 0.15) is 4.70 Å². The molecule has 0 aromatic carbocycles. The molecule has 2 aromatic heterocycles. The highest BCUT2D eigenvalue weighted by Gasteiger charge is 2.21. The second kappa shape index (κ2) is 5.66. The molecule has 0 aliphatic carbocycles. The van der Waals surface area contributed by atoms with Crippen LogP contribution >= 0.6 is 11.3 Å². The van der Waals surface area contributed by atoms with Crippen LogP contribution in [0.1, 0.15) is 20.3 Å². The topological polar surface area (TPSA) is 38.1 Å². The predicted molar refractivity (Wildman–Crippen MR) is 83.3 cm³/mol. The van der Waals surface area contributed by atoms with E-state index >= 15 is 0 Å². The molecule has 1 saturated heterocycles. The number of piperidine rings is 1. The highest BCUT2D eigenvalue weighted by atomic mass is 32.1. The maximum absolute atomic E-state index is 12.3. The molecule has 1 aliphatic heterocycles. The van der Waals surface area contributed by atoms with Gasteiger partial charge >= 0.3 is 0 Å². The first kappa shape index (κ1) is 13.8. The first-order valence-corrected chi connectivity index (χ1v) is 8.16. The van der Waals surface area contributed by atoms with Gasteiger partial charge in [0.2, 0.25) is 0 Å². The van der Waals surface area contributed by atoms with E-state index in [1.807, 2.05) is 11.4 Å². The molecule has 0 N–H and O–H groups in total. The van der Waals surface area contributed by atoms with Crippen LogP contribution in [0.4, 0.5) is 0 Å². The predicted octanol–water partition coefficient (Wildman–Crippen LogP) is 2.44. The molecular formula is C15H21N3OS. The van der Waals surface area contributed by atoms with Gasteiger partial charge in [-0.25, -0.2) is 4.98 Å². The lowest BCUT2D eigenvalue weighted by Gasteiger charge is -2.34. The smallest absolute Gasteiger partial charge is 0.271 e. The Bertz CT molecular complexity index is 638. The van der Waals surface area contributed by atoms with Crippen molar-refractivity contribution in [1.82, 2.24) is 14.5 Å². The fourth-order valence-corrected chi connectivity index (χ4v) is 4.05. The number of hydrogen-bond donors (Lipinski definition) is 0. The highest BCUT2D eigenvalue weighted by molar-refractivity contribution is 7.17. The van der Waals surface area contributed by atoms with Crippen LogP contribution < -0.4 is 5.56 Å². The fraction of sp³-hybridized carbons (Fsp3) is 0.600. The first-order valence-electron chi connectivity index (χ1n) is 7.28. The number of likely N-dealkylation sites (tertiary alicyclic amines) is 1. The zero-order valence-electron chi connectivity index (χ0n) is 12.1. The number of fused-ring (bicyclic) bond motifs is 1. The molecule has 1 aliphatic rings. The van der Waals surface area contributed by atoms with E-state index in [-0.39, 0.29) is 5.56 Å². The second-order valence-electron chi connectivity index (χ2n) is 6.08. The molecular weight excluding hydrogens is 270 g/mol. The molecule has 0 spiro atoms.